The van der Waals surface area contributed by atoms with Crippen molar-refractivity contribution in [3.63, 3.8) is 0 Å². The maximum atomic E-state index is 10.6. The summed E-state index contributed by atoms with van der Waals surface area (Å²) < 4.78 is 5.90. The molecule has 0 bridgehead atoms. The highest BCUT2D eigenvalue weighted by Gasteiger charge is 2.12. The average molecular weight is 282 g/mol. The first-order valence-corrected chi connectivity index (χ1v) is 5.34. The van der Waals surface area contributed by atoms with Crippen molar-refractivity contribution in [3.8, 4) is 11.3 Å². The summed E-state index contributed by atoms with van der Waals surface area (Å²) in [6, 6.07) is 7.04. The van der Waals surface area contributed by atoms with Gasteiger partial charge in [0.25, 0.3) is 0 Å². The Hall–Kier alpha value is -1.62. The number of carboxylic acids is 1. The summed E-state index contributed by atoms with van der Waals surface area (Å²) in [6.45, 7) is 1.97. The van der Waals surface area contributed by atoms with Crippen LogP contribution in [0.15, 0.2) is 33.3 Å². The number of hydrogen-bond acceptors (Lipinski definition) is 3. The zero-order valence-corrected chi connectivity index (χ0v) is 9.98. The molecule has 1 N–H and O–H groups in total. The maximum absolute atomic E-state index is 10.6. The normalized spacial score (nSPS) is 10.4. The van der Waals surface area contributed by atoms with Gasteiger partial charge in [-0.25, -0.2) is 4.79 Å². The highest BCUT2D eigenvalue weighted by molar-refractivity contribution is 9.10. The molecule has 1 aromatic heterocycles. The van der Waals surface area contributed by atoms with Gasteiger partial charge in [-0.15, -0.1) is 0 Å². The molecule has 1 heterocycles. The number of aromatic nitrogens is 1. The van der Waals surface area contributed by atoms with Crippen LogP contribution in [0.1, 0.15) is 16.1 Å². The molecule has 16 heavy (non-hydrogen) atoms. The molecular weight excluding hydrogens is 274 g/mol. The summed E-state index contributed by atoms with van der Waals surface area (Å²) in [6.07, 6.45) is 0. The van der Waals surface area contributed by atoms with Crippen molar-refractivity contribution in [2.45, 2.75) is 6.92 Å². The third kappa shape index (κ3) is 1.99. The Bertz CT molecular complexity index is 548. The monoisotopic (exact) mass is 281 g/mol. The molecule has 0 aliphatic rings. The van der Waals surface area contributed by atoms with Crippen molar-refractivity contribution in [1.82, 2.24) is 5.16 Å². The van der Waals surface area contributed by atoms with Crippen molar-refractivity contribution in [2.24, 2.45) is 0 Å². The van der Waals surface area contributed by atoms with Crippen molar-refractivity contribution in [3.05, 3.63) is 40.0 Å². The summed E-state index contributed by atoms with van der Waals surface area (Å²) >= 11 is 3.40. The van der Waals surface area contributed by atoms with E-state index in [0.717, 1.165) is 15.6 Å². The molecule has 0 aliphatic heterocycles. The van der Waals surface area contributed by atoms with Gasteiger partial charge in [0.15, 0.2) is 11.5 Å². The van der Waals surface area contributed by atoms with Gasteiger partial charge in [-0.2, -0.15) is 0 Å². The van der Waals surface area contributed by atoms with Crippen molar-refractivity contribution < 1.29 is 14.4 Å². The lowest BCUT2D eigenvalue weighted by molar-refractivity contribution is 0.0686. The number of aryl methyl sites for hydroxylation is 1. The van der Waals surface area contributed by atoms with Gasteiger partial charge in [0.1, 0.15) is 0 Å². The Kier molecular flexibility index (Phi) is 2.78. The molecule has 2 aromatic rings. The number of rotatable bonds is 2. The number of aromatic carboxylic acids is 1. The lowest BCUT2D eigenvalue weighted by Crippen LogP contribution is -1.94. The van der Waals surface area contributed by atoms with Crippen LogP contribution in [-0.2, 0) is 0 Å². The quantitative estimate of drug-likeness (QED) is 0.919. The summed E-state index contributed by atoms with van der Waals surface area (Å²) in [7, 11) is 0. The van der Waals surface area contributed by atoms with Crippen molar-refractivity contribution in [1.29, 1.82) is 0 Å². The van der Waals surface area contributed by atoms with Crippen LogP contribution < -0.4 is 0 Å². The average Bonchev–Trinajstić information content (AvgIpc) is 2.71. The lowest BCUT2D eigenvalue weighted by Gasteiger charge is -1.99. The molecule has 0 amide bonds. The molecule has 1 aromatic carbocycles. The van der Waals surface area contributed by atoms with Crippen LogP contribution in [0, 0.1) is 6.92 Å². The van der Waals surface area contributed by atoms with Gasteiger partial charge in [0.2, 0.25) is 0 Å². The highest BCUT2D eigenvalue weighted by Crippen LogP contribution is 2.26. The van der Waals surface area contributed by atoms with Crippen LogP contribution in [0.25, 0.3) is 11.3 Å². The van der Waals surface area contributed by atoms with E-state index >= 15 is 0 Å². The van der Waals surface area contributed by atoms with Crippen molar-refractivity contribution >= 4 is 21.9 Å². The summed E-state index contributed by atoms with van der Waals surface area (Å²) in [5.74, 6) is -0.653. The van der Waals surface area contributed by atoms with Gasteiger partial charge in [0, 0.05) is 16.1 Å². The summed E-state index contributed by atoms with van der Waals surface area (Å²) in [5.41, 5.74) is 1.80. The first-order valence-electron chi connectivity index (χ1n) is 4.54. The SMILES string of the molecule is Cc1ccc(-c2cc(C(=O)O)no2)cc1Br. The molecule has 0 unspecified atom stereocenters. The molecule has 0 aliphatic carbocycles. The van der Waals surface area contributed by atoms with Gasteiger partial charge in [-0.1, -0.05) is 33.2 Å². The van der Waals surface area contributed by atoms with Crippen LogP contribution in [-0.4, -0.2) is 16.2 Å². The Morgan fingerprint density at radius 3 is 2.75 bits per heavy atom. The fraction of sp³-hybridized carbons (Fsp3) is 0.0909. The second-order valence-corrected chi connectivity index (χ2v) is 4.20. The van der Waals surface area contributed by atoms with Gasteiger partial charge in [-0.05, 0) is 18.6 Å². The zero-order chi connectivity index (χ0) is 11.7. The van der Waals surface area contributed by atoms with Gasteiger partial charge < -0.3 is 9.63 Å². The molecule has 0 saturated heterocycles. The fourth-order valence-electron chi connectivity index (χ4n) is 1.26. The van der Waals surface area contributed by atoms with Crippen LogP contribution in [0.5, 0.6) is 0 Å². The van der Waals surface area contributed by atoms with Crippen molar-refractivity contribution in [2.75, 3.05) is 0 Å². The molecule has 0 fully saturated rings. The summed E-state index contributed by atoms with van der Waals surface area (Å²) in [4.78, 5) is 10.6. The number of halogens is 1. The number of hydrogen-bond donors (Lipinski definition) is 1. The second-order valence-electron chi connectivity index (χ2n) is 3.35. The Morgan fingerprint density at radius 2 is 2.19 bits per heavy atom. The maximum Gasteiger partial charge on any atom is 0.358 e. The Morgan fingerprint density at radius 1 is 1.44 bits per heavy atom. The third-order valence-corrected chi connectivity index (χ3v) is 3.04. The Labute approximate surface area is 100 Å². The largest absolute Gasteiger partial charge is 0.476 e. The molecule has 0 saturated carbocycles. The first-order chi connectivity index (χ1) is 7.58. The molecule has 5 heteroatoms. The van der Waals surface area contributed by atoms with Gasteiger partial charge in [-0.3, -0.25) is 0 Å². The predicted molar refractivity (Wildman–Crippen MR) is 61.3 cm³/mol. The topological polar surface area (TPSA) is 63.3 Å². The van der Waals surface area contributed by atoms with E-state index in [1.165, 1.54) is 6.07 Å². The molecular formula is C11H8BrNO3. The third-order valence-electron chi connectivity index (χ3n) is 2.19. The number of nitrogens with zero attached hydrogens (tertiary/aromatic N) is 1. The van der Waals surface area contributed by atoms with Crippen LogP contribution in [0.4, 0.5) is 0 Å². The van der Waals surface area contributed by atoms with Crippen LogP contribution >= 0.6 is 15.9 Å². The van der Waals surface area contributed by atoms with Gasteiger partial charge in [0.05, 0.1) is 0 Å². The molecule has 4 nitrogen and oxygen atoms in total. The van der Waals surface area contributed by atoms with E-state index in [9.17, 15) is 4.79 Å². The van der Waals surface area contributed by atoms with E-state index < -0.39 is 5.97 Å². The predicted octanol–water partition coefficient (Wildman–Crippen LogP) is 3.11. The standard InChI is InChI=1S/C11H8BrNO3/c1-6-2-3-7(4-8(6)12)10-5-9(11(14)15)13-16-10/h2-5H,1H3,(H,14,15). The minimum Gasteiger partial charge on any atom is -0.476 e. The molecule has 82 valence electrons. The number of carboxylic acid groups (broad SMARTS) is 1. The van der Waals surface area contributed by atoms with Crippen LogP contribution in [0.2, 0.25) is 0 Å². The minimum atomic E-state index is -1.10. The lowest BCUT2D eigenvalue weighted by atomic mass is 10.1. The Balaban J connectivity index is 2.42. The van der Waals surface area contributed by atoms with E-state index in [0.29, 0.717) is 5.76 Å². The van der Waals surface area contributed by atoms with E-state index in [2.05, 4.69) is 21.1 Å². The number of benzene rings is 1. The van der Waals surface area contributed by atoms with Gasteiger partial charge >= 0.3 is 5.97 Å². The fourth-order valence-corrected chi connectivity index (χ4v) is 1.64. The van der Waals surface area contributed by atoms with E-state index in [1.807, 2.05) is 25.1 Å². The second kappa shape index (κ2) is 4.09. The zero-order valence-electron chi connectivity index (χ0n) is 8.40. The molecule has 0 spiro atoms. The summed E-state index contributed by atoms with van der Waals surface area (Å²) in [5, 5.41) is 12.2. The molecule has 0 atom stereocenters. The minimum absolute atomic E-state index is 0.0910. The van der Waals surface area contributed by atoms with Crippen LogP contribution in [0.3, 0.4) is 0 Å². The molecule has 0 radical (unpaired) electrons. The smallest absolute Gasteiger partial charge is 0.358 e. The first kappa shape index (κ1) is 10.9. The van der Waals surface area contributed by atoms with E-state index in [1.54, 1.807) is 0 Å². The van der Waals surface area contributed by atoms with E-state index in [-0.39, 0.29) is 5.69 Å². The number of carbonyl (C=O) groups is 1. The van der Waals surface area contributed by atoms with E-state index in [4.69, 9.17) is 9.63 Å². The molecule has 2 rings (SSSR count). The highest BCUT2D eigenvalue weighted by atomic mass is 79.9.